The average molecular weight is 348 g/mol. The monoisotopic (exact) mass is 347 g/mol. The molecule has 0 aliphatic carbocycles. The molecule has 0 bridgehead atoms. The highest BCUT2D eigenvalue weighted by Gasteiger charge is 2.18. The van der Waals surface area contributed by atoms with Gasteiger partial charge in [-0.1, -0.05) is 62.4 Å². The van der Waals surface area contributed by atoms with Crippen molar-refractivity contribution in [3.05, 3.63) is 71.8 Å². The van der Waals surface area contributed by atoms with E-state index in [1.54, 1.807) is 12.1 Å². The van der Waals surface area contributed by atoms with Gasteiger partial charge < -0.3 is 9.64 Å². The number of hydrogen-bond acceptors (Lipinski definition) is 3. The van der Waals surface area contributed by atoms with Crippen LogP contribution in [0.1, 0.15) is 42.3 Å². The van der Waals surface area contributed by atoms with E-state index in [-0.39, 0.29) is 24.5 Å². The molecule has 0 aromatic heterocycles. The van der Waals surface area contributed by atoms with Crippen LogP contribution in [-0.2, 0) is 4.74 Å². The van der Waals surface area contributed by atoms with E-state index >= 15 is 0 Å². The third-order valence-electron chi connectivity index (χ3n) is 4.03. The van der Waals surface area contributed by atoms with E-state index in [1.807, 2.05) is 48.5 Å². The molecule has 1 atom stereocenters. The van der Waals surface area contributed by atoms with Gasteiger partial charge in [0.25, 0.3) is 0 Å². The Labute approximate surface area is 151 Å². The Bertz CT molecular complexity index is 585. The summed E-state index contributed by atoms with van der Waals surface area (Å²) >= 11 is 0. The molecule has 24 heavy (non-hydrogen) atoms. The molecular weight excluding hydrogens is 322 g/mol. The smallest absolute Gasteiger partial charge is 0.338 e. The lowest BCUT2D eigenvalue weighted by Gasteiger charge is -2.23. The number of esters is 1. The van der Waals surface area contributed by atoms with Crippen molar-refractivity contribution < 1.29 is 9.53 Å². The van der Waals surface area contributed by atoms with Crippen LogP contribution in [0, 0.1) is 0 Å². The Hall–Kier alpha value is -1.84. The molecule has 0 heterocycles. The molecule has 3 nitrogen and oxygen atoms in total. The summed E-state index contributed by atoms with van der Waals surface area (Å²) in [6.07, 6.45) is 0.578. The van der Waals surface area contributed by atoms with Crippen LogP contribution < -0.4 is 0 Å². The van der Waals surface area contributed by atoms with Crippen molar-refractivity contribution >= 4 is 18.4 Å². The van der Waals surface area contributed by atoms with E-state index in [1.165, 1.54) is 0 Å². The van der Waals surface area contributed by atoms with Gasteiger partial charge >= 0.3 is 5.97 Å². The number of carbonyl (C=O) groups is 1. The van der Waals surface area contributed by atoms with Gasteiger partial charge in [-0.15, -0.1) is 12.4 Å². The Morgan fingerprint density at radius 1 is 0.958 bits per heavy atom. The fourth-order valence-corrected chi connectivity index (χ4v) is 2.57. The molecule has 4 heteroatoms. The highest BCUT2D eigenvalue weighted by Crippen LogP contribution is 2.23. The van der Waals surface area contributed by atoms with Crippen molar-refractivity contribution in [3.63, 3.8) is 0 Å². The molecule has 0 fully saturated rings. The molecule has 0 aliphatic rings. The first-order valence-electron chi connectivity index (χ1n) is 8.28. The molecule has 0 saturated heterocycles. The molecule has 130 valence electrons. The van der Waals surface area contributed by atoms with Gasteiger partial charge in [-0.3, -0.25) is 0 Å². The van der Waals surface area contributed by atoms with Crippen molar-refractivity contribution in [2.24, 2.45) is 0 Å². The Kier molecular flexibility index (Phi) is 9.13. The molecule has 0 unspecified atom stereocenters. The van der Waals surface area contributed by atoms with Gasteiger partial charge in [0.15, 0.2) is 0 Å². The number of carbonyl (C=O) groups excluding carboxylic acids is 1. The van der Waals surface area contributed by atoms with Crippen molar-refractivity contribution in [3.8, 4) is 0 Å². The maximum Gasteiger partial charge on any atom is 0.338 e. The molecule has 0 radical (unpaired) electrons. The van der Waals surface area contributed by atoms with Crippen LogP contribution in [0.3, 0.4) is 0 Å². The summed E-state index contributed by atoms with van der Waals surface area (Å²) in [6.45, 7) is 7.22. The Morgan fingerprint density at radius 3 is 2.04 bits per heavy atom. The van der Waals surface area contributed by atoms with E-state index in [2.05, 4.69) is 18.7 Å². The largest absolute Gasteiger partial charge is 0.454 e. The lowest BCUT2D eigenvalue weighted by molar-refractivity contribution is 0.0253. The number of ether oxygens (including phenoxy) is 1. The van der Waals surface area contributed by atoms with Crippen LogP contribution >= 0.6 is 12.4 Å². The number of halogens is 1. The summed E-state index contributed by atoms with van der Waals surface area (Å²) in [5.41, 5.74) is 1.64. The van der Waals surface area contributed by atoms with Gasteiger partial charge in [0.1, 0.15) is 6.10 Å². The lowest BCUT2D eigenvalue weighted by atomic mass is 10.1. The van der Waals surface area contributed by atoms with Crippen molar-refractivity contribution in [2.45, 2.75) is 26.4 Å². The average Bonchev–Trinajstić information content (AvgIpc) is 2.63. The van der Waals surface area contributed by atoms with Crippen LogP contribution in [0.25, 0.3) is 0 Å². The standard InChI is InChI=1S/C20H25NO2.ClH/c1-3-21(4-2)16-15-19(17-11-7-5-8-12-17)23-20(22)18-13-9-6-10-14-18;/h5-14,19H,3-4,15-16H2,1-2H3;1H/t19-;/m0./s1. The molecule has 0 saturated carbocycles. The zero-order valence-electron chi connectivity index (χ0n) is 14.4. The van der Waals surface area contributed by atoms with Crippen LogP contribution in [0.2, 0.25) is 0 Å². The van der Waals surface area contributed by atoms with Crippen LogP contribution in [0.15, 0.2) is 60.7 Å². The maximum atomic E-state index is 12.4. The van der Waals surface area contributed by atoms with Crippen LogP contribution in [0.4, 0.5) is 0 Å². The SMILES string of the molecule is CCN(CC)CC[C@H](OC(=O)c1ccccc1)c1ccccc1.Cl. The Morgan fingerprint density at radius 2 is 1.50 bits per heavy atom. The predicted molar refractivity (Wildman–Crippen MR) is 101 cm³/mol. The van der Waals surface area contributed by atoms with Crippen molar-refractivity contribution in [2.75, 3.05) is 19.6 Å². The summed E-state index contributed by atoms with van der Waals surface area (Å²) in [5.74, 6) is -0.265. The van der Waals surface area contributed by atoms with E-state index in [0.717, 1.165) is 31.6 Å². The number of hydrogen-bond donors (Lipinski definition) is 0. The fourth-order valence-electron chi connectivity index (χ4n) is 2.57. The van der Waals surface area contributed by atoms with Gasteiger partial charge in [0.2, 0.25) is 0 Å². The summed E-state index contributed by atoms with van der Waals surface area (Å²) < 4.78 is 5.80. The molecule has 0 N–H and O–H groups in total. The molecule has 0 amide bonds. The lowest BCUT2D eigenvalue weighted by Crippen LogP contribution is -2.26. The summed E-state index contributed by atoms with van der Waals surface area (Å²) in [7, 11) is 0. The second-order valence-electron chi connectivity index (χ2n) is 5.49. The summed E-state index contributed by atoms with van der Waals surface area (Å²) in [5, 5.41) is 0. The highest BCUT2D eigenvalue weighted by atomic mass is 35.5. The number of nitrogens with zero attached hydrogens (tertiary/aromatic N) is 1. The minimum Gasteiger partial charge on any atom is -0.454 e. The van der Waals surface area contributed by atoms with E-state index in [9.17, 15) is 4.79 Å². The third kappa shape index (κ3) is 5.99. The first kappa shape index (κ1) is 20.2. The second-order valence-corrected chi connectivity index (χ2v) is 5.49. The van der Waals surface area contributed by atoms with E-state index in [4.69, 9.17) is 4.74 Å². The third-order valence-corrected chi connectivity index (χ3v) is 4.03. The first-order chi connectivity index (χ1) is 11.2. The quantitative estimate of drug-likeness (QED) is 0.646. The summed E-state index contributed by atoms with van der Waals surface area (Å²) in [4.78, 5) is 14.7. The van der Waals surface area contributed by atoms with Crippen molar-refractivity contribution in [1.82, 2.24) is 4.90 Å². The van der Waals surface area contributed by atoms with Crippen LogP contribution in [0.5, 0.6) is 0 Å². The molecule has 2 rings (SSSR count). The number of rotatable bonds is 8. The van der Waals surface area contributed by atoms with Crippen LogP contribution in [-0.4, -0.2) is 30.5 Å². The Balaban J connectivity index is 0.00000288. The van der Waals surface area contributed by atoms with E-state index < -0.39 is 0 Å². The normalized spacial score (nSPS) is 11.6. The zero-order valence-corrected chi connectivity index (χ0v) is 15.2. The second kappa shape index (κ2) is 10.8. The topological polar surface area (TPSA) is 29.5 Å². The minimum atomic E-state index is -0.265. The molecule has 0 aliphatic heterocycles. The zero-order chi connectivity index (χ0) is 16.5. The van der Waals surface area contributed by atoms with Gasteiger partial charge in [-0.25, -0.2) is 4.79 Å². The number of benzene rings is 2. The molecule has 2 aromatic rings. The molecular formula is C20H26ClNO2. The highest BCUT2D eigenvalue weighted by molar-refractivity contribution is 5.89. The predicted octanol–water partition coefficient (Wildman–Crippen LogP) is 4.74. The minimum absolute atomic E-state index is 0. The van der Waals surface area contributed by atoms with E-state index in [0.29, 0.717) is 5.56 Å². The first-order valence-corrected chi connectivity index (χ1v) is 8.28. The van der Waals surface area contributed by atoms with Gasteiger partial charge in [-0.05, 0) is 30.8 Å². The van der Waals surface area contributed by atoms with Gasteiger partial charge in [0.05, 0.1) is 5.56 Å². The fraction of sp³-hybridized carbons (Fsp3) is 0.350. The van der Waals surface area contributed by atoms with Gasteiger partial charge in [-0.2, -0.15) is 0 Å². The maximum absolute atomic E-state index is 12.4. The molecule has 0 spiro atoms. The summed E-state index contributed by atoms with van der Waals surface area (Å²) in [6, 6.07) is 19.1. The van der Waals surface area contributed by atoms with Crippen molar-refractivity contribution in [1.29, 1.82) is 0 Å². The molecule has 2 aromatic carbocycles. The van der Waals surface area contributed by atoms with Gasteiger partial charge in [0, 0.05) is 13.0 Å².